The Morgan fingerprint density at radius 2 is 0.733 bits per heavy atom. The third-order valence-electron chi connectivity index (χ3n) is 12.4. The molecule has 0 fully saturated rings. The van der Waals surface area contributed by atoms with E-state index < -0.39 is 0 Å². The molecule has 60 heavy (non-hydrogen) atoms. The first-order chi connectivity index (χ1) is 29.7. The lowest BCUT2D eigenvalue weighted by Crippen LogP contribution is -2.14. The van der Waals surface area contributed by atoms with Crippen molar-refractivity contribution in [2.45, 2.75) is 6.92 Å². The van der Waals surface area contributed by atoms with Gasteiger partial charge in [-0.3, -0.25) is 0 Å². The summed E-state index contributed by atoms with van der Waals surface area (Å²) >= 11 is 0. The van der Waals surface area contributed by atoms with Crippen LogP contribution in [0.5, 0.6) is 0 Å². The Morgan fingerprint density at radius 1 is 0.350 bits per heavy atom. The number of fused-ring (bicyclic) bond motifs is 11. The van der Waals surface area contributed by atoms with E-state index in [4.69, 9.17) is 0 Å². The molecule has 3 heterocycles. The highest BCUT2D eigenvalue weighted by atomic mass is 15.1. The summed E-state index contributed by atoms with van der Waals surface area (Å²) in [7, 11) is 0. The van der Waals surface area contributed by atoms with Crippen molar-refractivity contribution in [2.24, 2.45) is 0 Å². The maximum atomic E-state index is 12.0. The Morgan fingerprint density at radius 3 is 1.20 bits per heavy atom. The summed E-state index contributed by atoms with van der Waals surface area (Å²) in [4.78, 5) is 0. The number of rotatable bonds is 4. The number of nitriles is 2. The van der Waals surface area contributed by atoms with Crippen LogP contribution < -0.4 is 0 Å². The highest BCUT2D eigenvalue weighted by Crippen LogP contribution is 2.49. The summed E-state index contributed by atoms with van der Waals surface area (Å²) in [6.45, 7) is 2.09. The minimum Gasteiger partial charge on any atom is -0.307 e. The van der Waals surface area contributed by atoms with Crippen LogP contribution >= 0.6 is 0 Å². The molecule has 0 amide bonds. The molecule has 0 radical (unpaired) electrons. The molecule has 0 saturated heterocycles. The fourth-order valence-corrected chi connectivity index (χ4v) is 9.89. The van der Waals surface area contributed by atoms with Crippen molar-refractivity contribution in [2.75, 3.05) is 0 Å². The van der Waals surface area contributed by atoms with Crippen LogP contribution in [0.2, 0.25) is 0 Å². The lowest BCUT2D eigenvalue weighted by atomic mass is 9.91. The molecule has 12 aromatic rings. The highest BCUT2D eigenvalue weighted by molar-refractivity contribution is 6.22. The summed E-state index contributed by atoms with van der Waals surface area (Å²) < 4.78 is 6.72. The number of aromatic nitrogens is 3. The van der Waals surface area contributed by atoms with Gasteiger partial charge in [-0.1, -0.05) is 151 Å². The second kappa shape index (κ2) is 12.8. The quantitative estimate of drug-likeness (QED) is 0.179. The van der Waals surface area contributed by atoms with E-state index in [2.05, 4.69) is 209 Å². The normalized spacial score (nSPS) is 11.7. The lowest BCUT2D eigenvalue weighted by Gasteiger charge is -2.26. The zero-order valence-electron chi connectivity index (χ0n) is 32.6. The molecule has 0 aliphatic rings. The first kappa shape index (κ1) is 33.7. The van der Waals surface area contributed by atoms with Gasteiger partial charge in [0.2, 0.25) is 0 Å². The number of hydrogen-bond acceptors (Lipinski definition) is 2. The van der Waals surface area contributed by atoms with Crippen LogP contribution in [0.1, 0.15) is 16.7 Å². The van der Waals surface area contributed by atoms with Crippen LogP contribution in [0.3, 0.4) is 0 Å². The van der Waals surface area contributed by atoms with E-state index in [-0.39, 0.29) is 0 Å². The van der Waals surface area contributed by atoms with Gasteiger partial charge in [-0.05, 0) is 59.7 Å². The van der Waals surface area contributed by atoms with Gasteiger partial charge in [0.05, 0.1) is 50.2 Å². The van der Waals surface area contributed by atoms with Gasteiger partial charge in [0.25, 0.3) is 0 Å². The third-order valence-corrected chi connectivity index (χ3v) is 12.4. The Balaban J connectivity index is 1.41. The van der Waals surface area contributed by atoms with E-state index in [0.717, 1.165) is 104 Å². The largest absolute Gasteiger partial charge is 0.307 e. The van der Waals surface area contributed by atoms with Crippen molar-refractivity contribution in [3.63, 3.8) is 0 Å². The van der Waals surface area contributed by atoms with Crippen molar-refractivity contribution in [3.8, 4) is 40.3 Å². The molecule has 0 unspecified atom stereocenters. The summed E-state index contributed by atoms with van der Waals surface area (Å²) in [5.74, 6) is 0. The molecular weight excluding hydrogens is 731 g/mol. The van der Waals surface area contributed by atoms with Gasteiger partial charge in [-0.15, -0.1) is 0 Å². The summed E-state index contributed by atoms with van der Waals surface area (Å²) in [6.07, 6.45) is 0. The Bertz CT molecular complexity index is 3600. The predicted molar refractivity (Wildman–Crippen MR) is 247 cm³/mol. The molecule has 9 aromatic carbocycles. The van der Waals surface area contributed by atoms with Crippen LogP contribution in [-0.2, 0) is 0 Å². The van der Waals surface area contributed by atoms with E-state index in [9.17, 15) is 10.5 Å². The van der Waals surface area contributed by atoms with Gasteiger partial charge in [-0.2, -0.15) is 10.5 Å². The van der Waals surface area contributed by atoms with Gasteiger partial charge in [0, 0.05) is 37.9 Å². The Hall–Kier alpha value is -8.38. The molecule has 0 atom stereocenters. The van der Waals surface area contributed by atoms with Crippen LogP contribution in [0.25, 0.3) is 104 Å². The van der Waals surface area contributed by atoms with Crippen molar-refractivity contribution < 1.29 is 0 Å². The average molecular weight is 764 g/mol. The second-order valence-electron chi connectivity index (χ2n) is 15.5. The van der Waals surface area contributed by atoms with E-state index in [1.54, 1.807) is 0 Å². The molecule has 0 aliphatic heterocycles. The molecule has 0 spiro atoms. The average Bonchev–Trinajstić information content (AvgIpc) is 3.94. The molecule has 3 aromatic heterocycles. The molecular formula is C55H33N5. The van der Waals surface area contributed by atoms with Crippen LogP contribution in [0.15, 0.2) is 182 Å². The summed E-state index contributed by atoms with van der Waals surface area (Å²) in [5, 5.41) is 32.6. The van der Waals surface area contributed by atoms with Crippen molar-refractivity contribution >= 4 is 76.2 Å². The molecule has 5 heteroatoms. The Labute approximate surface area is 345 Å². The summed E-state index contributed by atoms with van der Waals surface area (Å²) in [6, 6.07) is 68.9. The molecule has 5 nitrogen and oxygen atoms in total. The molecule has 0 bridgehead atoms. The molecule has 0 saturated carbocycles. The first-order valence-corrected chi connectivity index (χ1v) is 20.2. The van der Waals surface area contributed by atoms with Crippen LogP contribution in [-0.4, -0.2) is 13.7 Å². The predicted octanol–water partition coefficient (Wildman–Crippen LogP) is 13.8. The van der Waals surface area contributed by atoms with Gasteiger partial charge >= 0.3 is 0 Å². The maximum absolute atomic E-state index is 12.0. The number of aryl methyl sites for hydroxylation is 1. The van der Waals surface area contributed by atoms with E-state index >= 15 is 0 Å². The minimum absolute atomic E-state index is 0.411. The Kier molecular flexibility index (Phi) is 7.20. The molecule has 278 valence electrons. The fourth-order valence-electron chi connectivity index (χ4n) is 9.89. The zero-order chi connectivity index (χ0) is 40.1. The number of para-hydroxylation sites is 5. The molecule has 0 aliphatic carbocycles. The maximum Gasteiger partial charge on any atom is 0.104 e. The number of nitrogens with zero attached hydrogens (tertiary/aromatic N) is 5. The highest BCUT2D eigenvalue weighted by Gasteiger charge is 2.33. The summed E-state index contributed by atoms with van der Waals surface area (Å²) in [5.41, 5.74) is 11.4. The van der Waals surface area contributed by atoms with Crippen LogP contribution in [0, 0.1) is 29.6 Å². The standard InChI is InChI=1S/C55H33N5/c1-34-26-28-36(29-27-34)51-54(58-45-21-9-4-16-38(45)39-17-5-10-22-46(39)58)43(32-56)53(44(33-57)55(51)59-47-23-11-6-18-40(47)41-19-7-12-24-48(41)59)60-49-25-13-8-20-42(49)52-37-15-3-2-14-35(37)30-31-50(52)60/h2-31H,1H3. The van der Waals surface area contributed by atoms with Gasteiger partial charge in [0.1, 0.15) is 23.3 Å². The van der Waals surface area contributed by atoms with E-state index in [1.807, 2.05) is 6.07 Å². The monoisotopic (exact) mass is 763 g/mol. The smallest absolute Gasteiger partial charge is 0.104 e. The van der Waals surface area contributed by atoms with Gasteiger partial charge in [0.15, 0.2) is 0 Å². The van der Waals surface area contributed by atoms with Crippen molar-refractivity contribution in [1.29, 1.82) is 10.5 Å². The fraction of sp³-hybridized carbons (Fsp3) is 0.0182. The van der Waals surface area contributed by atoms with E-state index in [0.29, 0.717) is 16.8 Å². The topological polar surface area (TPSA) is 62.4 Å². The second-order valence-corrected chi connectivity index (χ2v) is 15.5. The zero-order valence-corrected chi connectivity index (χ0v) is 32.6. The van der Waals surface area contributed by atoms with Crippen molar-refractivity contribution in [1.82, 2.24) is 13.7 Å². The van der Waals surface area contributed by atoms with Crippen LogP contribution in [0.4, 0.5) is 0 Å². The SMILES string of the molecule is Cc1ccc(-c2c(-n3c4ccccc4c4ccccc43)c(C#N)c(-n3c4ccccc4c4c5ccccc5ccc43)c(C#N)c2-n2c3ccccc3c3ccccc32)cc1. The molecule has 12 rings (SSSR count). The van der Waals surface area contributed by atoms with E-state index in [1.165, 1.54) is 0 Å². The molecule has 0 N–H and O–H groups in total. The third kappa shape index (κ3) is 4.55. The number of benzene rings is 9. The van der Waals surface area contributed by atoms with Crippen molar-refractivity contribution in [3.05, 3.63) is 199 Å². The first-order valence-electron chi connectivity index (χ1n) is 20.2. The van der Waals surface area contributed by atoms with Gasteiger partial charge < -0.3 is 13.7 Å². The number of hydrogen-bond donors (Lipinski definition) is 0. The lowest BCUT2D eigenvalue weighted by molar-refractivity contribution is 1.08. The van der Waals surface area contributed by atoms with Gasteiger partial charge in [-0.25, -0.2) is 0 Å². The minimum atomic E-state index is 0.411.